The van der Waals surface area contributed by atoms with E-state index in [-0.39, 0.29) is 0 Å². The van der Waals surface area contributed by atoms with Gasteiger partial charge in [-0.3, -0.25) is 0 Å². The molecular weight excluding hydrogens is 290 g/mol. The molecule has 1 aromatic carbocycles. The number of halogens is 1. The largest absolute Gasteiger partial charge is 0.385 e. The topological polar surface area (TPSA) is 21.3 Å². The van der Waals surface area contributed by atoms with Crippen LogP contribution >= 0.6 is 15.9 Å². The van der Waals surface area contributed by atoms with E-state index in [1.165, 1.54) is 5.56 Å². The van der Waals surface area contributed by atoms with Crippen LogP contribution in [0.4, 0.5) is 0 Å². The fourth-order valence-corrected chi connectivity index (χ4v) is 2.38. The number of hydrogen-bond donors (Lipinski definition) is 1. The van der Waals surface area contributed by atoms with Crippen LogP contribution in [-0.4, -0.2) is 26.3 Å². The molecule has 0 aliphatic carbocycles. The molecular formula is C15H24BrNO. The SMILES string of the molecule is CCNC(Cc1ccc(Br)cc1)C(C)CCOC. The molecule has 2 nitrogen and oxygen atoms in total. The average molecular weight is 314 g/mol. The van der Waals surface area contributed by atoms with Gasteiger partial charge in [0.1, 0.15) is 0 Å². The van der Waals surface area contributed by atoms with E-state index in [9.17, 15) is 0 Å². The molecule has 0 aliphatic rings. The second-order valence-electron chi connectivity index (χ2n) is 4.75. The normalized spacial score (nSPS) is 14.4. The number of nitrogens with one attached hydrogen (secondary N) is 1. The monoisotopic (exact) mass is 313 g/mol. The van der Waals surface area contributed by atoms with Crippen molar-refractivity contribution >= 4 is 15.9 Å². The first-order valence-corrected chi connectivity index (χ1v) is 7.43. The molecule has 1 N–H and O–H groups in total. The summed E-state index contributed by atoms with van der Waals surface area (Å²) < 4.78 is 6.31. The van der Waals surface area contributed by atoms with Crippen molar-refractivity contribution in [3.63, 3.8) is 0 Å². The summed E-state index contributed by atoms with van der Waals surface area (Å²) in [6.07, 6.45) is 2.18. The van der Waals surface area contributed by atoms with Crippen molar-refractivity contribution in [3.05, 3.63) is 34.3 Å². The smallest absolute Gasteiger partial charge is 0.0465 e. The molecule has 3 heteroatoms. The van der Waals surface area contributed by atoms with Crippen molar-refractivity contribution in [3.8, 4) is 0 Å². The first-order valence-electron chi connectivity index (χ1n) is 6.64. The average Bonchev–Trinajstić information content (AvgIpc) is 2.38. The molecule has 102 valence electrons. The van der Waals surface area contributed by atoms with E-state index in [2.05, 4.69) is 59.4 Å². The van der Waals surface area contributed by atoms with Crippen molar-refractivity contribution in [2.24, 2.45) is 5.92 Å². The Kier molecular flexibility index (Phi) is 7.56. The number of benzene rings is 1. The molecule has 2 unspecified atom stereocenters. The van der Waals surface area contributed by atoms with Gasteiger partial charge in [-0.05, 0) is 43.0 Å². The van der Waals surface area contributed by atoms with E-state index >= 15 is 0 Å². The second-order valence-corrected chi connectivity index (χ2v) is 5.67. The highest BCUT2D eigenvalue weighted by molar-refractivity contribution is 9.10. The molecule has 18 heavy (non-hydrogen) atoms. The minimum absolute atomic E-state index is 0.520. The predicted octanol–water partition coefficient (Wildman–Crippen LogP) is 3.64. The lowest BCUT2D eigenvalue weighted by Gasteiger charge is -2.25. The maximum absolute atomic E-state index is 5.17. The molecule has 0 aromatic heterocycles. The Bertz CT molecular complexity index is 326. The van der Waals surface area contributed by atoms with E-state index in [0.717, 1.165) is 30.5 Å². The third-order valence-corrected chi connectivity index (χ3v) is 3.83. The standard InChI is InChI=1S/C15H24BrNO/c1-4-17-15(12(2)9-10-18-3)11-13-5-7-14(16)8-6-13/h5-8,12,15,17H,4,9-11H2,1-3H3. The molecule has 0 saturated carbocycles. The van der Waals surface area contributed by atoms with Gasteiger partial charge in [0.15, 0.2) is 0 Å². The van der Waals surface area contributed by atoms with Crippen LogP contribution in [0.15, 0.2) is 28.7 Å². The summed E-state index contributed by atoms with van der Waals surface area (Å²) in [5.41, 5.74) is 1.38. The number of ether oxygens (including phenoxy) is 1. The number of hydrogen-bond acceptors (Lipinski definition) is 2. The van der Waals surface area contributed by atoms with Gasteiger partial charge in [-0.15, -0.1) is 0 Å². The van der Waals surface area contributed by atoms with E-state index in [0.29, 0.717) is 12.0 Å². The molecule has 0 bridgehead atoms. The van der Waals surface area contributed by atoms with Crippen molar-refractivity contribution < 1.29 is 4.74 Å². The minimum atomic E-state index is 0.520. The fourth-order valence-electron chi connectivity index (χ4n) is 2.12. The van der Waals surface area contributed by atoms with Crippen LogP contribution in [0, 0.1) is 5.92 Å². The first kappa shape index (κ1) is 15.7. The Hall–Kier alpha value is -0.380. The predicted molar refractivity (Wildman–Crippen MR) is 81.0 cm³/mol. The third kappa shape index (κ3) is 5.51. The van der Waals surface area contributed by atoms with Crippen LogP contribution < -0.4 is 5.32 Å². The third-order valence-electron chi connectivity index (χ3n) is 3.30. The van der Waals surface area contributed by atoms with Gasteiger partial charge in [0, 0.05) is 24.2 Å². The van der Waals surface area contributed by atoms with Gasteiger partial charge in [-0.25, -0.2) is 0 Å². The molecule has 1 rings (SSSR count). The van der Waals surface area contributed by atoms with Crippen LogP contribution in [0.2, 0.25) is 0 Å². The van der Waals surface area contributed by atoms with Crippen LogP contribution in [0.3, 0.4) is 0 Å². The Morgan fingerprint density at radius 3 is 2.50 bits per heavy atom. The van der Waals surface area contributed by atoms with Gasteiger partial charge in [-0.1, -0.05) is 41.9 Å². The minimum Gasteiger partial charge on any atom is -0.385 e. The highest BCUT2D eigenvalue weighted by Crippen LogP contribution is 2.16. The Balaban J connectivity index is 2.58. The second kappa shape index (κ2) is 8.68. The zero-order valence-electron chi connectivity index (χ0n) is 11.6. The molecule has 0 fully saturated rings. The lowest BCUT2D eigenvalue weighted by molar-refractivity contribution is 0.170. The van der Waals surface area contributed by atoms with Gasteiger partial charge in [0.05, 0.1) is 0 Å². The zero-order valence-corrected chi connectivity index (χ0v) is 13.2. The number of likely N-dealkylation sites (N-methyl/N-ethyl adjacent to an activating group) is 1. The molecule has 0 amide bonds. The maximum atomic E-state index is 5.17. The van der Waals surface area contributed by atoms with Crippen LogP contribution in [0.5, 0.6) is 0 Å². The summed E-state index contributed by atoms with van der Waals surface area (Å²) in [6, 6.07) is 9.12. The van der Waals surface area contributed by atoms with Crippen LogP contribution in [0.25, 0.3) is 0 Å². The highest BCUT2D eigenvalue weighted by Gasteiger charge is 2.16. The maximum Gasteiger partial charge on any atom is 0.0465 e. The Morgan fingerprint density at radius 1 is 1.28 bits per heavy atom. The van der Waals surface area contributed by atoms with E-state index in [4.69, 9.17) is 4.74 Å². The van der Waals surface area contributed by atoms with Crippen molar-refractivity contribution in [2.75, 3.05) is 20.3 Å². The molecule has 1 aromatic rings. The highest BCUT2D eigenvalue weighted by atomic mass is 79.9. The summed E-state index contributed by atoms with van der Waals surface area (Å²) in [7, 11) is 1.77. The summed E-state index contributed by atoms with van der Waals surface area (Å²) in [5, 5.41) is 3.59. The lowest BCUT2D eigenvalue weighted by atomic mass is 9.92. The van der Waals surface area contributed by atoms with Gasteiger partial charge >= 0.3 is 0 Å². The summed E-state index contributed by atoms with van der Waals surface area (Å²) >= 11 is 3.47. The van der Waals surface area contributed by atoms with Crippen LogP contribution in [0.1, 0.15) is 25.8 Å². The van der Waals surface area contributed by atoms with Crippen molar-refractivity contribution in [1.29, 1.82) is 0 Å². The Morgan fingerprint density at radius 2 is 1.94 bits per heavy atom. The molecule has 0 spiro atoms. The van der Waals surface area contributed by atoms with Crippen molar-refractivity contribution in [2.45, 2.75) is 32.7 Å². The molecule has 0 aliphatic heterocycles. The lowest BCUT2D eigenvalue weighted by Crippen LogP contribution is -2.37. The summed E-state index contributed by atoms with van der Waals surface area (Å²) in [4.78, 5) is 0. The van der Waals surface area contributed by atoms with Crippen molar-refractivity contribution in [1.82, 2.24) is 5.32 Å². The van der Waals surface area contributed by atoms with E-state index in [1.54, 1.807) is 7.11 Å². The molecule has 0 heterocycles. The Labute approximate surface area is 119 Å². The zero-order chi connectivity index (χ0) is 13.4. The first-order chi connectivity index (χ1) is 8.67. The quantitative estimate of drug-likeness (QED) is 0.791. The summed E-state index contributed by atoms with van der Waals surface area (Å²) in [6.45, 7) is 6.31. The van der Waals surface area contributed by atoms with E-state index in [1.807, 2.05) is 0 Å². The van der Waals surface area contributed by atoms with Crippen LogP contribution in [-0.2, 0) is 11.2 Å². The summed E-state index contributed by atoms with van der Waals surface area (Å²) in [5.74, 6) is 0.619. The molecule has 0 saturated heterocycles. The van der Waals surface area contributed by atoms with Gasteiger partial charge < -0.3 is 10.1 Å². The number of rotatable bonds is 8. The fraction of sp³-hybridized carbons (Fsp3) is 0.600. The number of methoxy groups -OCH3 is 1. The molecule has 2 atom stereocenters. The molecule has 0 radical (unpaired) electrons. The van der Waals surface area contributed by atoms with E-state index < -0.39 is 0 Å². The van der Waals surface area contributed by atoms with Gasteiger partial charge in [0.25, 0.3) is 0 Å². The van der Waals surface area contributed by atoms with Gasteiger partial charge in [-0.2, -0.15) is 0 Å². The van der Waals surface area contributed by atoms with Gasteiger partial charge in [0.2, 0.25) is 0 Å².